The Balaban J connectivity index is 1.64. The molecule has 0 bridgehead atoms. The Kier molecular flexibility index (Phi) is 3.96. The number of carbonyl (C=O) groups is 2. The fraction of sp³-hybridized carbons (Fsp3) is 0.818. The van der Waals surface area contributed by atoms with E-state index < -0.39 is 5.97 Å². The van der Waals surface area contributed by atoms with Crippen molar-refractivity contribution in [1.82, 2.24) is 15.1 Å². The summed E-state index contributed by atoms with van der Waals surface area (Å²) in [4.78, 5) is 26.1. The highest BCUT2D eigenvalue weighted by Crippen LogP contribution is 2.18. The molecular formula is C11H19N3O3. The van der Waals surface area contributed by atoms with Crippen molar-refractivity contribution in [3.8, 4) is 0 Å². The molecule has 96 valence electrons. The summed E-state index contributed by atoms with van der Waals surface area (Å²) >= 11 is 0. The average molecular weight is 241 g/mol. The Labute approximate surface area is 101 Å². The molecule has 0 spiro atoms. The van der Waals surface area contributed by atoms with Gasteiger partial charge in [0.1, 0.15) is 0 Å². The van der Waals surface area contributed by atoms with Crippen LogP contribution in [0.15, 0.2) is 0 Å². The maximum atomic E-state index is 11.6. The van der Waals surface area contributed by atoms with Crippen molar-refractivity contribution in [2.24, 2.45) is 0 Å². The summed E-state index contributed by atoms with van der Waals surface area (Å²) in [5, 5.41) is 11.6. The van der Waals surface area contributed by atoms with Gasteiger partial charge in [0.2, 0.25) is 5.91 Å². The minimum atomic E-state index is -0.787. The zero-order valence-electron chi connectivity index (χ0n) is 9.89. The van der Waals surface area contributed by atoms with E-state index in [0.717, 1.165) is 39.0 Å². The Bertz CT molecular complexity index is 296. The lowest BCUT2D eigenvalue weighted by Gasteiger charge is -2.33. The van der Waals surface area contributed by atoms with Crippen LogP contribution in [0, 0.1) is 0 Å². The van der Waals surface area contributed by atoms with E-state index in [2.05, 4.69) is 10.2 Å². The number of piperazine rings is 1. The van der Waals surface area contributed by atoms with Gasteiger partial charge in [0.25, 0.3) is 0 Å². The van der Waals surface area contributed by atoms with Crippen LogP contribution in [-0.4, -0.2) is 72.1 Å². The normalized spacial score (nSPS) is 22.4. The van der Waals surface area contributed by atoms with Crippen molar-refractivity contribution in [3.63, 3.8) is 0 Å². The molecule has 0 aromatic heterocycles. The van der Waals surface area contributed by atoms with Gasteiger partial charge in [0, 0.05) is 32.2 Å². The van der Waals surface area contributed by atoms with E-state index in [9.17, 15) is 9.59 Å². The Morgan fingerprint density at radius 3 is 2.06 bits per heavy atom. The number of nitrogens with one attached hydrogen (secondary N) is 1. The second-order valence-corrected chi connectivity index (χ2v) is 4.79. The van der Waals surface area contributed by atoms with E-state index in [1.807, 2.05) is 4.90 Å². The minimum absolute atomic E-state index is 0.0965. The monoisotopic (exact) mass is 241 g/mol. The van der Waals surface area contributed by atoms with Gasteiger partial charge in [-0.1, -0.05) is 0 Å². The van der Waals surface area contributed by atoms with Gasteiger partial charge in [0.15, 0.2) is 0 Å². The van der Waals surface area contributed by atoms with Crippen molar-refractivity contribution in [2.75, 3.05) is 39.3 Å². The number of nitrogens with zero attached hydrogens (tertiary/aromatic N) is 2. The molecule has 2 N–H and O–H groups in total. The summed E-state index contributed by atoms with van der Waals surface area (Å²) in [6, 6.07) is 0.413. The number of carboxylic acids is 1. The highest BCUT2D eigenvalue weighted by molar-refractivity contribution is 5.78. The number of rotatable bonds is 5. The second-order valence-electron chi connectivity index (χ2n) is 4.79. The molecule has 1 heterocycles. The van der Waals surface area contributed by atoms with Crippen LogP contribution in [0.5, 0.6) is 0 Å². The molecule has 1 saturated heterocycles. The molecule has 6 heteroatoms. The molecule has 0 unspecified atom stereocenters. The van der Waals surface area contributed by atoms with Crippen molar-refractivity contribution in [3.05, 3.63) is 0 Å². The fourth-order valence-corrected chi connectivity index (χ4v) is 2.00. The molecule has 1 amide bonds. The zero-order valence-corrected chi connectivity index (χ0v) is 9.89. The van der Waals surface area contributed by atoms with E-state index in [0.29, 0.717) is 12.6 Å². The third-order valence-electron chi connectivity index (χ3n) is 3.13. The first-order chi connectivity index (χ1) is 8.13. The maximum Gasteiger partial charge on any atom is 0.317 e. The van der Waals surface area contributed by atoms with Gasteiger partial charge in [-0.2, -0.15) is 0 Å². The van der Waals surface area contributed by atoms with Crippen LogP contribution >= 0.6 is 0 Å². The number of carbonyl (C=O) groups excluding carboxylic acids is 1. The third kappa shape index (κ3) is 4.32. The number of aliphatic carboxylic acids is 1. The molecule has 0 aromatic carbocycles. The smallest absolute Gasteiger partial charge is 0.317 e. The standard InChI is InChI=1S/C11H19N3O3/c15-10(12-9-1-2-9)7-13-3-5-14(6-4-13)8-11(16)17/h9H,1-8H2,(H,12,15)(H,16,17). The maximum absolute atomic E-state index is 11.6. The molecule has 2 aliphatic rings. The van der Waals surface area contributed by atoms with Crippen LogP contribution in [0.2, 0.25) is 0 Å². The zero-order chi connectivity index (χ0) is 12.3. The first kappa shape index (κ1) is 12.3. The van der Waals surface area contributed by atoms with Crippen LogP contribution < -0.4 is 5.32 Å². The highest BCUT2D eigenvalue weighted by atomic mass is 16.4. The molecule has 1 aliphatic carbocycles. The molecule has 2 rings (SSSR count). The van der Waals surface area contributed by atoms with E-state index in [4.69, 9.17) is 5.11 Å². The molecular weight excluding hydrogens is 222 g/mol. The van der Waals surface area contributed by atoms with Gasteiger partial charge in [-0.05, 0) is 12.8 Å². The summed E-state index contributed by atoms with van der Waals surface area (Å²) in [6.45, 7) is 3.53. The van der Waals surface area contributed by atoms with E-state index in [1.165, 1.54) is 0 Å². The fourth-order valence-electron chi connectivity index (χ4n) is 2.00. The molecule has 1 saturated carbocycles. The van der Waals surface area contributed by atoms with Crippen LogP contribution in [0.3, 0.4) is 0 Å². The van der Waals surface area contributed by atoms with Crippen LogP contribution in [-0.2, 0) is 9.59 Å². The predicted octanol–water partition coefficient (Wildman–Crippen LogP) is -1.03. The molecule has 1 aliphatic heterocycles. The Morgan fingerprint density at radius 1 is 1.06 bits per heavy atom. The average Bonchev–Trinajstić information content (AvgIpc) is 3.04. The van der Waals surface area contributed by atoms with Gasteiger partial charge >= 0.3 is 5.97 Å². The lowest BCUT2D eigenvalue weighted by molar-refractivity contribution is -0.139. The van der Waals surface area contributed by atoms with E-state index in [1.54, 1.807) is 0 Å². The first-order valence-corrected chi connectivity index (χ1v) is 6.09. The van der Waals surface area contributed by atoms with Gasteiger partial charge in [-0.3, -0.25) is 19.4 Å². The Hall–Kier alpha value is -1.14. The topological polar surface area (TPSA) is 72.9 Å². The molecule has 2 fully saturated rings. The number of carboxylic acid groups (broad SMARTS) is 1. The summed E-state index contributed by atoms with van der Waals surface area (Å²) in [5.41, 5.74) is 0. The molecule has 0 atom stereocenters. The summed E-state index contributed by atoms with van der Waals surface area (Å²) in [5.74, 6) is -0.691. The summed E-state index contributed by atoms with van der Waals surface area (Å²) in [7, 11) is 0. The van der Waals surface area contributed by atoms with Gasteiger partial charge in [-0.25, -0.2) is 0 Å². The highest BCUT2D eigenvalue weighted by Gasteiger charge is 2.25. The molecule has 6 nitrogen and oxygen atoms in total. The number of amides is 1. The quantitative estimate of drug-likeness (QED) is 0.644. The first-order valence-electron chi connectivity index (χ1n) is 6.09. The number of hydrogen-bond acceptors (Lipinski definition) is 4. The van der Waals surface area contributed by atoms with E-state index >= 15 is 0 Å². The summed E-state index contributed by atoms with van der Waals surface area (Å²) in [6.07, 6.45) is 2.22. The SMILES string of the molecule is O=C(O)CN1CCN(CC(=O)NC2CC2)CC1. The minimum Gasteiger partial charge on any atom is -0.480 e. The lowest BCUT2D eigenvalue weighted by Crippen LogP contribution is -2.50. The van der Waals surface area contributed by atoms with Gasteiger partial charge in [-0.15, -0.1) is 0 Å². The number of hydrogen-bond donors (Lipinski definition) is 2. The second kappa shape index (κ2) is 5.46. The molecule has 0 aromatic rings. The van der Waals surface area contributed by atoms with Crippen LogP contribution in [0.4, 0.5) is 0 Å². The van der Waals surface area contributed by atoms with Gasteiger partial charge in [0.05, 0.1) is 13.1 Å². The summed E-state index contributed by atoms with van der Waals surface area (Å²) < 4.78 is 0. The van der Waals surface area contributed by atoms with Crippen molar-refractivity contribution >= 4 is 11.9 Å². The largest absolute Gasteiger partial charge is 0.480 e. The van der Waals surface area contributed by atoms with Crippen LogP contribution in [0.25, 0.3) is 0 Å². The third-order valence-corrected chi connectivity index (χ3v) is 3.13. The van der Waals surface area contributed by atoms with Crippen LogP contribution in [0.1, 0.15) is 12.8 Å². The van der Waals surface area contributed by atoms with Crippen molar-refractivity contribution in [2.45, 2.75) is 18.9 Å². The van der Waals surface area contributed by atoms with Crippen molar-refractivity contribution < 1.29 is 14.7 Å². The molecule has 17 heavy (non-hydrogen) atoms. The van der Waals surface area contributed by atoms with Gasteiger partial charge < -0.3 is 10.4 Å². The molecule has 0 radical (unpaired) electrons. The Morgan fingerprint density at radius 2 is 1.59 bits per heavy atom. The lowest BCUT2D eigenvalue weighted by atomic mass is 10.3. The van der Waals surface area contributed by atoms with E-state index in [-0.39, 0.29) is 12.5 Å². The van der Waals surface area contributed by atoms with Crippen molar-refractivity contribution in [1.29, 1.82) is 0 Å². The predicted molar refractivity (Wildman–Crippen MR) is 61.7 cm³/mol.